The van der Waals surface area contributed by atoms with Crippen molar-refractivity contribution in [3.63, 3.8) is 0 Å². The maximum absolute atomic E-state index is 13.0. The molecule has 3 fully saturated rings. The lowest BCUT2D eigenvalue weighted by molar-refractivity contribution is -0.135. The van der Waals surface area contributed by atoms with E-state index in [-0.39, 0.29) is 17.9 Å². The van der Waals surface area contributed by atoms with Gasteiger partial charge in [0.1, 0.15) is 4.21 Å². The van der Waals surface area contributed by atoms with Gasteiger partial charge in [-0.2, -0.15) is 4.31 Å². The van der Waals surface area contributed by atoms with Gasteiger partial charge in [-0.3, -0.25) is 4.79 Å². The molecule has 6 nitrogen and oxygen atoms in total. The van der Waals surface area contributed by atoms with Crippen LogP contribution in [0, 0.1) is 24.7 Å². The minimum Gasteiger partial charge on any atom is -0.342 e. The average molecular weight is 398 g/mol. The van der Waals surface area contributed by atoms with E-state index in [0.717, 1.165) is 43.6 Å². The number of amides is 1. The number of likely N-dealkylation sites (tertiary alicyclic amines) is 1. The van der Waals surface area contributed by atoms with E-state index in [1.807, 2.05) is 17.9 Å². The molecule has 0 bridgehead atoms. The molecule has 2 saturated heterocycles. The number of carbonyl (C=O) groups excluding carboxylic acids is 1. The molecule has 1 aromatic rings. The molecule has 4 unspecified atom stereocenters. The number of hydrogen-bond acceptors (Lipinski definition) is 5. The Labute approximate surface area is 159 Å². The SMILES string of the molecule is Cc1ccc(S(=O)(=O)N2CCCC(C(=O)N3CC4CCC(N)C4C3)C2)s1. The number of rotatable bonds is 3. The first-order chi connectivity index (χ1) is 12.4. The highest BCUT2D eigenvalue weighted by atomic mass is 32.2. The molecule has 26 heavy (non-hydrogen) atoms. The number of sulfonamides is 1. The van der Waals surface area contributed by atoms with Crippen LogP contribution in [0.2, 0.25) is 0 Å². The summed E-state index contributed by atoms with van der Waals surface area (Å²) in [5, 5.41) is 0. The van der Waals surface area contributed by atoms with Crippen molar-refractivity contribution < 1.29 is 13.2 Å². The highest BCUT2D eigenvalue weighted by Gasteiger charge is 2.44. The quantitative estimate of drug-likeness (QED) is 0.841. The molecule has 3 heterocycles. The lowest BCUT2D eigenvalue weighted by Crippen LogP contribution is -2.46. The van der Waals surface area contributed by atoms with Crippen molar-refractivity contribution >= 4 is 27.3 Å². The summed E-state index contributed by atoms with van der Waals surface area (Å²) in [5.74, 6) is 0.853. The molecule has 1 aliphatic carbocycles. The van der Waals surface area contributed by atoms with Crippen LogP contribution in [0.1, 0.15) is 30.6 Å². The van der Waals surface area contributed by atoms with Gasteiger partial charge in [0, 0.05) is 37.1 Å². The number of carbonyl (C=O) groups is 1. The summed E-state index contributed by atoms with van der Waals surface area (Å²) in [6.45, 7) is 4.25. The molecule has 2 aliphatic heterocycles. The van der Waals surface area contributed by atoms with E-state index in [2.05, 4.69) is 0 Å². The minimum absolute atomic E-state index is 0.119. The molecule has 1 saturated carbocycles. The Bertz CT molecular complexity index is 791. The third-order valence-electron chi connectivity index (χ3n) is 6.27. The van der Waals surface area contributed by atoms with E-state index < -0.39 is 10.0 Å². The summed E-state index contributed by atoms with van der Waals surface area (Å²) in [5.41, 5.74) is 6.18. The first-order valence-corrected chi connectivity index (χ1v) is 11.7. The molecule has 2 N–H and O–H groups in total. The molecule has 4 rings (SSSR count). The van der Waals surface area contributed by atoms with Crippen LogP contribution >= 0.6 is 11.3 Å². The largest absolute Gasteiger partial charge is 0.342 e. The van der Waals surface area contributed by atoms with Crippen molar-refractivity contribution in [2.45, 2.75) is 42.9 Å². The van der Waals surface area contributed by atoms with E-state index in [4.69, 9.17) is 5.73 Å². The van der Waals surface area contributed by atoms with Crippen molar-refractivity contribution in [2.75, 3.05) is 26.2 Å². The van der Waals surface area contributed by atoms with E-state index >= 15 is 0 Å². The highest BCUT2D eigenvalue weighted by Crippen LogP contribution is 2.38. The summed E-state index contributed by atoms with van der Waals surface area (Å²) in [7, 11) is -3.49. The van der Waals surface area contributed by atoms with Gasteiger partial charge in [0.15, 0.2) is 0 Å². The minimum atomic E-state index is -3.49. The van der Waals surface area contributed by atoms with Gasteiger partial charge in [-0.1, -0.05) is 0 Å². The molecular weight excluding hydrogens is 370 g/mol. The molecule has 0 spiro atoms. The zero-order chi connectivity index (χ0) is 18.5. The Morgan fingerprint density at radius 1 is 1.19 bits per heavy atom. The zero-order valence-corrected chi connectivity index (χ0v) is 16.8. The fourth-order valence-electron chi connectivity index (χ4n) is 4.79. The summed E-state index contributed by atoms with van der Waals surface area (Å²) in [6, 6.07) is 3.71. The van der Waals surface area contributed by atoms with Gasteiger partial charge in [0.05, 0.1) is 5.92 Å². The number of piperidine rings is 1. The topological polar surface area (TPSA) is 83.7 Å². The van der Waals surface area contributed by atoms with Gasteiger partial charge >= 0.3 is 0 Å². The number of nitrogens with zero attached hydrogens (tertiary/aromatic N) is 2. The molecular formula is C18H27N3O3S2. The smallest absolute Gasteiger partial charge is 0.252 e. The van der Waals surface area contributed by atoms with Crippen molar-refractivity contribution in [3.8, 4) is 0 Å². The normalized spacial score (nSPS) is 32.8. The van der Waals surface area contributed by atoms with Gasteiger partial charge in [0.2, 0.25) is 5.91 Å². The second-order valence-electron chi connectivity index (χ2n) is 7.98. The average Bonchev–Trinajstić information content (AvgIpc) is 3.32. The fourth-order valence-corrected chi connectivity index (χ4v) is 7.75. The van der Waals surface area contributed by atoms with Gasteiger partial charge in [-0.05, 0) is 56.6 Å². The fraction of sp³-hybridized carbons (Fsp3) is 0.722. The Morgan fingerprint density at radius 3 is 2.69 bits per heavy atom. The van der Waals surface area contributed by atoms with Gasteiger partial charge < -0.3 is 10.6 Å². The van der Waals surface area contributed by atoms with Crippen molar-refractivity contribution in [1.82, 2.24) is 9.21 Å². The highest BCUT2D eigenvalue weighted by molar-refractivity contribution is 7.91. The number of nitrogens with two attached hydrogens (primary N) is 1. The zero-order valence-electron chi connectivity index (χ0n) is 15.1. The van der Waals surface area contributed by atoms with E-state index in [1.165, 1.54) is 15.6 Å². The van der Waals surface area contributed by atoms with E-state index in [0.29, 0.717) is 29.1 Å². The monoisotopic (exact) mass is 397 g/mol. The van der Waals surface area contributed by atoms with Gasteiger partial charge in [0.25, 0.3) is 10.0 Å². The number of thiophene rings is 1. The summed E-state index contributed by atoms with van der Waals surface area (Å²) < 4.78 is 27.7. The van der Waals surface area contributed by atoms with Crippen LogP contribution in [-0.2, 0) is 14.8 Å². The molecule has 1 aromatic heterocycles. The molecule has 1 amide bonds. The van der Waals surface area contributed by atoms with Crippen LogP contribution < -0.4 is 5.73 Å². The Balaban J connectivity index is 1.45. The molecule has 144 valence electrons. The van der Waals surface area contributed by atoms with Crippen molar-refractivity contribution in [2.24, 2.45) is 23.5 Å². The number of fused-ring (bicyclic) bond motifs is 1. The number of aryl methyl sites for hydroxylation is 1. The predicted molar refractivity (Wildman–Crippen MR) is 101 cm³/mol. The Morgan fingerprint density at radius 2 is 2.00 bits per heavy atom. The lowest BCUT2D eigenvalue weighted by Gasteiger charge is -2.33. The van der Waals surface area contributed by atoms with Crippen LogP contribution in [0.15, 0.2) is 16.3 Å². The second kappa shape index (κ2) is 6.89. The molecule has 0 aromatic carbocycles. The van der Waals surface area contributed by atoms with Crippen LogP contribution in [0.25, 0.3) is 0 Å². The third-order valence-corrected chi connectivity index (χ3v) is 9.60. The maximum atomic E-state index is 13.0. The molecule has 3 aliphatic rings. The van der Waals surface area contributed by atoms with Crippen LogP contribution in [0.4, 0.5) is 0 Å². The first kappa shape index (κ1) is 18.4. The Hall–Kier alpha value is -0.960. The number of hydrogen-bond donors (Lipinski definition) is 1. The van der Waals surface area contributed by atoms with Crippen LogP contribution in [0.3, 0.4) is 0 Å². The van der Waals surface area contributed by atoms with E-state index in [9.17, 15) is 13.2 Å². The van der Waals surface area contributed by atoms with Gasteiger partial charge in [-0.25, -0.2) is 8.42 Å². The lowest BCUT2D eigenvalue weighted by atomic mass is 9.98. The maximum Gasteiger partial charge on any atom is 0.252 e. The predicted octanol–water partition coefficient (Wildman–Crippen LogP) is 1.65. The van der Waals surface area contributed by atoms with Gasteiger partial charge in [-0.15, -0.1) is 11.3 Å². The standard InChI is InChI=1S/C18H27N3O3S2/c1-12-4-7-17(25-12)26(23,24)21-8-2-3-14(10-21)18(22)20-9-13-5-6-16(19)15(13)11-20/h4,7,13-16H,2-3,5-6,8-11,19H2,1H3. The first-order valence-electron chi connectivity index (χ1n) is 9.47. The van der Waals surface area contributed by atoms with E-state index in [1.54, 1.807) is 6.07 Å². The summed E-state index contributed by atoms with van der Waals surface area (Å²) in [6.07, 6.45) is 3.68. The second-order valence-corrected chi connectivity index (χ2v) is 11.4. The summed E-state index contributed by atoms with van der Waals surface area (Å²) in [4.78, 5) is 15.9. The van der Waals surface area contributed by atoms with Crippen molar-refractivity contribution in [1.29, 1.82) is 0 Å². The molecule has 0 radical (unpaired) electrons. The molecule has 8 heteroatoms. The van der Waals surface area contributed by atoms with Crippen LogP contribution in [-0.4, -0.2) is 55.8 Å². The van der Waals surface area contributed by atoms with Crippen molar-refractivity contribution in [3.05, 3.63) is 17.0 Å². The third kappa shape index (κ3) is 3.21. The Kier molecular flexibility index (Phi) is 4.88. The summed E-state index contributed by atoms with van der Waals surface area (Å²) >= 11 is 1.30. The molecule has 4 atom stereocenters. The van der Waals surface area contributed by atoms with Crippen LogP contribution in [0.5, 0.6) is 0 Å².